The molecule has 140 valence electrons. The summed E-state index contributed by atoms with van der Waals surface area (Å²) in [6, 6.07) is 7.73. The van der Waals surface area contributed by atoms with Crippen LogP contribution in [0.15, 0.2) is 24.3 Å². The van der Waals surface area contributed by atoms with Gasteiger partial charge in [0.1, 0.15) is 12.4 Å². The molecule has 1 saturated heterocycles. The first-order valence-electron chi connectivity index (χ1n) is 9.13. The average molecular weight is 358 g/mol. The zero-order valence-electron chi connectivity index (χ0n) is 15.4. The van der Waals surface area contributed by atoms with Crippen LogP contribution >= 0.6 is 0 Å². The first kappa shape index (κ1) is 18.4. The van der Waals surface area contributed by atoms with Crippen LogP contribution in [0.1, 0.15) is 49.4 Å². The molecule has 3 rings (SSSR count). The number of aromatic amines is 1. The van der Waals surface area contributed by atoms with Crippen LogP contribution in [-0.2, 0) is 22.6 Å². The zero-order valence-corrected chi connectivity index (χ0v) is 15.4. The smallest absolute Gasteiger partial charge is 0.261 e. The molecule has 1 aliphatic heterocycles. The van der Waals surface area contributed by atoms with Crippen LogP contribution in [0, 0.1) is 0 Å². The number of likely N-dealkylation sites (tertiary alicyclic amines) is 1. The molecule has 2 heterocycles. The Bertz CT molecular complexity index is 731. The SMILES string of the molecule is CCc1ccccc1OCC(=O)N1CCCC[C@H]1c1n[nH]c(COC)n1. The molecule has 2 aromatic rings. The van der Waals surface area contributed by atoms with Gasteiger partial charge >= 0.3 is 0 Å². The highest BCUT2D eigenvalue weighted by Gasteiger charge is 2.31. The van der Waals surface area contributed by atoms with Crippen LogP contribution in [0.2, 0.25) is 0 Å². The number of carbonyl (C=O) groups excluding carboxylic acids is 1. The number of aromatic nitrogens is 3. The number of nitrogens with zero attached hydrogens (tertiary/aromatic N) is 3. The van der Waals surface area contributed by atoms with Crippen molar-refractivity contribution in [2.45, 2.75) is 45.3 Å². The number of nitrogens with one attached hydrogen (secondary N) is 1. The summed E-state index contributed by atoms with van der Waals surface area (Å²) in [4.78, 5) is 19.1. The highest BCUT2D eigenvalue weighted by atomic mass is 16.5. The van der Waals surface area contributed by atoms with E-state index in [4.69, 9.17) is 9.47 Å². The number of piperidine rings is 1. The molecule has 0 radical (unpaired) electrons. The van der Waals surface area contributed by atoms with Gasteiger partial charge in [-0.1, -0.05) is 25.1 Å². The normalized spacial score (nSPS) is 17.3. The number of para-hydroxylation sites is 1. The molecule has 7 nitrogen and oxygen atoms in total. The van der Waals surface area contributed by atoms with Crippen LogP contribution in [0.25, 0.3) is 0 Å². The number of carbonyl (C=O) groups is 1. The van der Waals surface area contributed by atoms with E-state index in [0.717, 1.165) is 37.0 Å². The van der Waals surface area contributed by atoms with E-state index < -0.39 is 0 Å². The van der Waals surface area contributed by atoms with Gasteiger partial charge in [0.25, 0.3) is 5.91 Å². The fraction of sp³-hybridized carbons (Fsp3) is 0.526. The van der Waals surface area contributed by atoms with Crippen LogP contribution in [0.5, 0.6) is 5.75 Å². The average Bonchev–Trinajstić information content (AvgIpc) is 3.15. The molecule has 0 bridgehead atoms. The second-order valence-electron chi connectivity index (χ2n) is 6.42. The first-order valence-corrected chi connectivity index (χ1v) is 9.13. The molecule has 1 aromatic carbocycles. The largest absolute Gasteiger partial charge is 0.483 e. The number of amides is 1. The third kappa shape index (κ3) is 4.22. The fourth-order valence-electron chi connectivity index (χ4n) is 3.32. The summed E-state index contributed by atoms with van der Waals surface area (Å²) in [7, 11) is 1.62. The molecular formula is C19H26N4O3. The minimum absolute atomic E-state index is 0.0290. The van der Waals surface area contributed by atoms with E-state index in [-0.39, 0.29) is 18.6 Å². The number of hydrogen-bond acceptors (Lipinski definition) is 5. The highest BCUT2D eigenvalue weighted by molar-refractivity contribution is 5.78. The van der Waals surface area contributed by atoms with Crippen molar-refractivity contribution in [3.05, 3.63) is 41.5 Å². The summed E-state index contributed by atoms with van der Waals surface area (Å²) >= 11 is 0. The molecule has 1 atom stereocenters. The van der Waals surface area contributed by atoms with Gasteiger partial charge in [-0.05, 0) is 37.3 Å². The zero-order chi connectivity index (χ0) is 18.4. The van der Waals surface area contributed by atoms with Crippen molar-refractivity contribution >= 4 is 5.91 Å². The van der Waals surface area contributed by atoms with E-state index in [9.17, 15) is 4.79 Å². The number of aryl methyl sites for hydroxylation is 1. The Balaban J connectivity index is 1.67. The predicted molar refractivity (Wildman–Crippen MR) is 96.7 cm³/mol. The Morgan fingerprint density at radius 3 is 3.00 bits per heavy atom. The van der Waals surface area contributed by atoms with Gasteiger partial charge in [0.15, 0.2) is 18.3 Å². The number of ether oxygens (including phenoxy) is 2. The van der Waals surface area contributed by atoms with Gasteiger partial charge < -0.3 is 14.4 Å². The maximum absolute atomic E-state index is 12.8. The number of rotatable bonds is 7. The van der Waals surface area contributed by atoms with Gasteiger partial charge in [0.05, 0.1) is 6.04 Å². The number of H-pyrrole nitrogens is 1. The number of hydrogen-bond donors (Lipinski definition) is 1. The van der Waals surface area contributed by atoms with Crippen molar-refractivity contribution in [2.75, 3.05) is 20.3 Å². The Kier molecular flexibility index (Phi) is 6.22. The van der Waals surface area contributed by atoms with Gasteiger partial charge in [0.2, 0.25) is 0 Å². The van der Waals surface area contributed by atoms with E-state index in [1.165, 1.54) is 0 Å². The Hall–Kier alpha value is -2.41. The minimum Gasteiger partial charge on any atom is -0.483 e. The Labute approximate surface area is 153 Å². The van der Waals surface area contributed by atoms with Gasteiger partial charge in [-0.25, -0.2) is 4.98 Å². The Morgan fingerprint density at radius 1 is 1.35 bits per heavy atom. The second-order valence-corrected chi connectivity index (χ2v) is 6.42. The highest BCUT2D eigenvalue weighted by Crippen LogP contribution is 2.29. The molecule has 26 heavy (non-hydrogen) atoms. The third-order valence-corrected chi connectivity index (χ3v) is 4.66. The summed E-state index contributed by atoms with van der Waals surface area (Å²) < 4.78 is 10.9. The molecular weight excluding hydrogens is 332 g/mol. The monoisotopic (exact) mass is 358 g/mol. The number of benzene rings is 1. The molecule has 1 fully saturated rings. The van der Waals surface area contributed by atoms with E-state index >= 15 is 0 Å². The second kappa shape index (κ2) is 8.80. The topological polar surface area (TPSA) is 80.3 Å². The molecule has 0 unspecified atom stereocenters. The van der Waals surface area contributed by atoms with Gasteiger partial charge in [0, 0.05) is 13.7 Å². The van der Waals surface area contributed by atoms with E-state index in [1.807, 2.05) is 29.2 Å². The van der Waals surface area contributed by atoms with Gasteiger partial charge in [-0.2, -0.15) is 5.10 Å². The maximum atomic E-state index is 12.8. The van der Waals surface area contributed by atoms with E-state index in [2.05, 4.69) is 22.1 Å². The molecule has 1 amide bonds. The van der Waals surface area contributed by atoms with Crippen molar-refractivity contribution in [2.24, 2.45) is 0 Å². The van der Waals surface area contributed by atoms with Crippen molar-refractivity contribution < 1.29 is 14.3 Å². The van der Waals surface area contributed by atoms with Crippen LogP contribution in [-0.4, -0.2) is 46.2 Å². The van der Waals surface area contributed by atoms with Crippen molar-refractivity contribution in [1.29, 1.82) is 0 Å². The lowest BCUT2D eigenvalue weighted by Gasteiger charge is -2.34. The maximum Gasteiger partial charge on any atom is 0.261 e. The molecule has 0 saturated carbocycles. The van der Waals surface area contributed by atoms with E-state index in [0.29, 0.717) is 24.8 Å². The van der Waals surface area contributed by atoms with Gasteiger partial charge in [-0.3, -0.25) is 9.89 Å². The fourth-order valence-corrected chi connectivity index (χ4v) is 3.32. The lowest BCUT2D eigenvalue weighted by molar-refractivity contribution is -0.137. The minimum atomic E-state index is -0.108. The Morgan fingerprint density at radius 2 is 2.19 bits per heavy atom. The van der Waals surface area contributed by atoms with Crippen LogP contribution in [0.4, 0.5) is 0 Å². The predicted octanol–water partition coefficient (Wildman–Crippen LogP) is 2.65. The molecule has 1 N–H and O–H groups in total. The molecule has 1 aromatic heterocycles. The summed E-state index contributed by atoms with van der Waals surface area (Å²) in [6.07, 6.45) is 3.78. The van der Waals surface area contributed by atoms with Crippen LogP contribution in [0.3, 0.4) is 0 Å². The molecule has 7 heteroatoms. The van der Waals surface area contributed by atoms with Gasteiger partial charge in [-0.15, -0.1) is 0 Å². The van der Waals surface area contributed by atoms with Crippen molar-refractivity contribution in [3.8, 4) is 5.75 Å². The van der Waals surface area contributed by atoms with Crippen molar-refractivity contribution in [3.63, 3.8) is 0 Å². The quantitative estimate of drug-likeness (QED) is 0.823. The van der Waals surface area contributed by atoms with E-state index in [1.54, 1.807) is 7.11 Å². The lowest BCUT2D eigenvalue weighted by atomic mass is 10.0. The lowest BCUT2D eigenvalue weighted by Crippen LogP contribution is -2.41. The van der Waals surface area contributed by atoms with Crippen molar-refractivity contribution in [1.82, 2.24) is 20.1 Å². The molecule has 1 aliphatic rings. The summed E-state index contributed by atoms with van der Waals surface area (Å²) in [6.45, 7) is 3.19. The third-order valence-electron chi connectivity index (χ3n) is 4.66. The summed E-state index contributed by atoms with van der Waals surface area (Å²) in [5.74, 6) is 2.07. The molecule has 0 spiro atoms. The molecule has 0 aliphatic carbocycles. The standard InChI is InChI=1S/C19H26N4O3/c1-3-14-8-4-5-10-16(14)26-13-18(24)23-11-7-6-9-15(23)19-20-17(12-25-2)21-22-19/h4-5,8,10,15H,3,6-7,9,11-13H2,1-2H3,(H,20,21,22)/t15-/m0/s1. The first-order chi connectivity index (χ1) is 12.7. The summed E-state index contributed by atoms with van der Waals surface area (Å²) in [5, 5.41) is 7.17. The number of methoxy groups -OCH3 is 1. The van der Waals surface area contributed by atoms with Crippen LogP contribution < -0.4 is 4.74 Å². The summed E-state index contributed by atoms with van der Waals surface area (Å²) in [5.41, 5.74) is 1.11.